The van der Waals surface area contributed by atoms with Crippen molar-refractivity contribution in [2.45, 2.75) is 4.90 Å². The number of benzene rings is 1. The molecule has 0 unspecified atom stereocenters. The topological polar surface area (TPSA) is 63.6 Å². The Hall–Kier alpha value is -0.850. The molecule has 7 heteroatoms. The molecule has 1 aromatic carbocycles. The molecule has 80 valence electrons. The van der Waals surface area contributed by atoms with Gasteiger partial charge in [-0.15, -0.1) is 12.4 Å². The van der Waals surface area contributed by atoms with Gasteiger partial charge in [-0.25, -0.2) is 4.39 Å². The van der Waals surface area contributed by atoms with E-state index in [0.717, 1.165) is 19.2 Å². The normalized spacial score (nSPS) is 10.5. The minimum atomic E-state index is -4.43. The fourth-order valence-electron chi connectivity index (χ4n) is 0.890. The van der Waals surface area contributed by atoms with Gasteiger partial charge in [-0.05, 0) is 12.1 Å². The van der Waals surface area contributed by atoms with Gasteiger partial charge < -0.3 is 4.74 Å². The first-order chi connectivity index (χ1) is 5.96. The molecule has 0 saturated carbocycles. The van der Waals surface area contributed by atoms with Crippen LogP contribution in [0, 0.1) is 5.82 Å². The molecule has 0 radical (unpaired) electrons. The number of methoxy groups -OCH3 is 1. The molecule has 0 aliphatic carbocycles. The van der Waals surface area contributed by atoms with Crippen molar-refractivity contribution in [3.05, 3.63) is 24.0 Å². The molecule has 1 rings (SSSR count). The first-order valence-corrected chi connectivity index (χ1v) is 4.71. The van der Waals surface area contributed by atoms with Crippen LogP contribution in [0.2, 0.25) is 0 Å². The Morgan fingerprint density at radius 3 is 2.36 bits per heavy atom. The summed E-state index contributed by atoms with van der Waals surface area (Å²) in [6.45, 7) is 0. The van der Waals surface area contributed by atoms with Crippen molar-refractivity contribution in [3.8, 4) is 5.75 Å². The third-order valence-electron chi connectivity index (χ3n) is 1.41. The van der Waals surface area contributed by atoms with Gasteiger partial charge in [0.2, 0.25) is 0 Å². The lowest BCUT2D eigenvalue weighted by Gasteiger charge is -2.05. The summed E-state index contributed by atoms with van der Waals surface area (Å²) in [7, 11) is -3.31. The number of hydrogen-bond donors (Lipinski definition) is 1. The summed E-state index contributed by atoms with van der Waals surface area (Å²) in [5.74, 6) is -1.32. The van der Waals surface area contributed by atoms with E-state index in [1.807, 2.05) is 0 Å². The first kappa shape index (κ1) is 13.2. The lowest BCUT2D eigenvalue weighted by molar-refractivity contribution is 0.370. The summed E-state index contributed by atoms with van der Waals surface area (Å²) in [4.78, 5) is -0.574. The van der Waals surface area contributed by atoms with Crippen molar-refractivity contribution in [1.82, 2.24) is 0 Å². The number of para-hydroxylation sites is 1. The van der Waals surface area contributed by atoms with Gasteiger partial charge in [0.15, 0.2) is 11.6 Å². The quantitative estimate of drug-likeness (QED) is 0.799. The fourth-order valence-corrected chi connectivity index (χ4v) is 1.56. The highest BCUT2D eigenvalue weighted by Crippen LogP contribution is 2.25. The van der Waals surface area contributed by atoms with Gasteiger partial charge in [-0.1, -0.05) is 6.07 Å². The van der Waals surface area contributed by atoms with Gasteiger partial charge in [-0.2, -0.15) is 8.42 Å². The molecule has 0 atom stereocenters. The van der Waals surface area contributed by atoms with Gasteiger partial charge >= 0.3 is 0 Å². The summed E-state index contributed by atoms with van der Waals surface area (Å²) < 4.78 is 47.4. The Bertz CT molecular complexity index is 418. The maximum absolute atomic E-state index is 12.9. The minimum Gasteiger partial charge on any atom is -0.492 e. The van der Waals surface area contributed by atoms with Crippen molar-refractivity contribution in [2.24, 2.45) is 0 Å². The van der Waals surface area contributed by atoms with Crippen LogP contribution in [0.25, 0.3) is 0 Å². The maximum atomic E-state index is 12.9. The second-order valence-corrected chi connectivity index (χ2v) is 3.64. The van der Waals surface area contributed by atoms with Crippen molar-refractivity contribution in [2.75, 3.05) is 7.11 Å². The van der Waals surface area contributed by atoms with Crippen LogP contribution in [0.5, 0.6) is 5.75 Å². The average molecular weight is 243 g/mol. The van der Waals surface area contributed by atoms with E-state index in [2.05, 4.69) is 4.74 Å². The smallest absolute Gasteiger partial charge is 0.298 e. The van der Waals surface area contributed by atoms with Gasteiger partial charge in [0.05, 0.1) is 7.11 Å². The SMILES string of the molecule is COc1c(F)cccc1S(=O)(=O)O.Cl. The van der Waals surface area contributed by atoms with E-state index in [1.54, 1.807) is 0 Å². The molecule has 1 aromatic rings. The molecule has 4 nitrogen and oxygen atoms in total. The van der Waals surface area contributed by atoms with Crippen molar-refractivity contribution >= 4 is 22.5 Å². The van der Waals surface area contributed by atoms with E-state index in [1.165, 1.54) is 6.07 Å². The molecule has 0 aliphatic heterocycles. The molecule has 0 aliphatic rings. The van der Waals surface area contributed by atoms with Crippen molar-refractivity contribution in [3.63, 3.8) is 0 Å². The van der Waals surface area contributed by atoms with Crippen LogP contribution in [0.1, 0.15) is 0 Å². The summed E-state index contributed by atoms with van der Waals surface area (Å²) in [6.07, 6.45) is 0. The highest BCUT2D eigenvalue weighted by molar-refractivity contribution is 7.86. The van der Waals surface area contributed by atoms with Gasteiger partial charge in [0.1, 0.15) is 4.90 Å². The van der Waals surface area contributed by atoms with E-state index in [4.69, 9.17) is 4.55 Å². The standard InChI is InChI=1S/C7H7FO4S.ClH/c1-12-7-5(8)3-2-4-6(7)13(9,10)11;/h2-4H,1H3,(H,9,10,11);1H. The molecular formula is C7H8ClFO4S. The third kappa shape index (κ3) is 2.57. The van der Waals surface area contributed by atoms with Crippen LogP contribution in [-0.2, 0) is 10.1 Å². The van der Waals surface area contributed by atoms with E-state index in [-0.39, 0.29) is 12.4 Å². The third-order valence-corrected chi connectivity index (χ3v) is 2.29. The highest BCUT2D eigenvalue weighted by atomic mass is 35.5. The van der Waals surface area contributed by atoms with Crippen LogP contribution in [0.4, 0.5) is 4.39 Å². The molecule has 0 fully saturated rings. The molecule has 0 spiro atoms. The monoisotopic (exact) mass is 242 g/mol. The zero-order valence-electron chi connectivity index (χ0n) is 7.10. The molecule has 0 aromatic heterocycles. The second kappa shape index (κ2) is 4.59. The van der Waals surface area contributed by atoms with Crippen LogP contribution in [0.15, 0.2) is 23.1 Å². The summed E-state index contributed by atoms with van der Waals surface area (Å²) in [6, 6.07) is 3.26. The highest BCUT2D eigenvalue weighted by Gasteiger charge is 2.18. The zero-order chi connectivity index (χ0) is 10.1. The molecular weight excluding hydrogens is 235 g/mol. The van der Waals surface area contributed by atoms with Crippen molar-refractivity contribution < 1.29 is 22.1 Å². The Labute approximate surface area is 86.9 Å². The second-order valence-electron chi connectivity index (χ2n) is 2.25. The summed E-state index contributed by atoms with van der Waals surface area (Å²) in [5.41, 5.74) is 0. The van der Waals surface area contributed by atoms with Crippen LogP contribution in [0.3, 0.4) is 0 Å². The van der Waals surface area contributed by atoms with E-state index >= 15 is 0 Å². The largest absolute Gasteiger partial charge is 0.492 e. The fraction of sp³-hybridized carbons (Fsp3) is 0.143. The average Bonchev–Trinajstić information content (AvgIpc) is 2.02. The first-order valence-electron chi connectivity index (χ1n) is 3.27. The Balaban J connectivity index is 0.00000169. The molecule has 0 heterocycles. The number of ether oxygens (including phenoxy) is 1. The zero-order valence-corrected chi connectivity index (χ0v) is 8.73. The summed E-state index contributed by atoms with van der Waals surface area (Å²) in [5, 5.41) is 0. The Morgan fingerprint density at radius 1 is 1.43 bits per heavy atom. The van der Waals surface area contributed by atoms with Crippen LogP contribution < -0.4 is 4.74 Å². The molecule has 0 amide bonds. The minimum absolute atomic E-state index is 0. The molecule has 14 heavy (non-hydrogen) atoms. The van der Waals surface area contributed by atoms with Crippen LogP contribution >= 0.6 is 12.4 Å². The summed E-state index contributed by atoms with van der Waals surface area (Å²) >= 11 is 0. The predicted octanol–water partition coefficient (Wildman–Crippen LogP) is 1.50. The van der Waals surface area contributed by atoms with E-state index < -0.39 is 26.6 Å². The van der Waals surface area contributed by atoms with Gasteiger partial charge in [0.25, 0.3) is 10.1 Å². The van der Waals surface area contributed by atoms with E-state index in [0.29, 0.717) is 0 Å². The lowest BCUT2D eigenvalue weighted by Crippen LogP contribution is -2.02. The number of hydrogen-bond acceptors (Lipinski definition) is 3. The van der Waals surface area contributed by atoms with E-state index in [9.17, 15) is 12.8 Å². The molecule has 1 N–H and O–H groups in total. The molecule has 0 saturated heterocycles. The van der Waals surface area contributed by atoms with Gasteiger partial charge in [-0.3, -0.25) is 4.55 Å². The van der Waals surface area contributed by atoms with Gasteiger partial charge in [0, 0.05) is 0 Å². The van der Waals surface area contributed by atoms with Crippen molar-refractivity contribution in [1.29, 1.82) is 0 Å². The van der Waals surface area contributed by atoms with Crippen LogP contribution in [-0.4, -0.2) is 20.1 Å². The number of rotatable bonds is 2. The molecule has 0 bridgehead atoms. The Kier molecular flexibility index (Phi) is 4.31. The maximum Gasteiger partial charge on any atom is 0.298 e. The lowest BCUT2D eigenvalue weighted by atomic mass is 10.3. The number of halogens is 2. The Morgan fingerprint density at radius 2 is 2.00 bits per heavy atom. The predicted molar refractivity (Wildman–Crippen MR) is 50.0 cm³/mol.